The summed E-state index contributed by atoms with van der Waals surface area (Å²) in [5, 5.41) is 15.8. The number of pyridine rings is 1. The van der Waals surface area contributed by atoms with Crippen LogP contribution in [0.2, 0.25) is 0 Å². The van der Waals surface area contributed by atoms with Crippen LogP contribution in [0.4, 0.5) is 0 Å². The first-order valence-electron chi connectivity index (χ1n) is 4.83. The highest BCUT2D eigenvalue weighted by Crippen LogP contribution is 1.97. The van der Waals surface area contributed by atoms with Gasteiger partial charge in [-0.1, -0.05) is 6.07 Å². The highest BCUT2D eigenvalue weighted by molar-refractivity contribution is 7.80. The maximum Gasteiger partial charge on any atom is 0.187 e. The van der Waals surface area contributed by atoms with E-state index in [0.717, 1.165) is 11.3 Å². The van der Waals surface area contributed by atoms with Crippen molar-refractivity contribution >= 4 is 23.0 Å². The molecule has 0 aliphatic rings. The molecule has 0 aliphatic heterocycles. The van der Waals surface area contributed by atoms with E-state index in [2.05, 4.69) is 20.8 Å². The zero-order chi connectivity index (χ0) is 11.8. The van der Waals surface area contributed by atoms with Gasteiger partial charge in [0.25, 0.3) is 0 Å². The minimum atomic E-state index is 0.0348. The summed E-state index contributed by atoms with van der Waals surface area (Å²) in [6.45, 7) is 2.30. The Labute approximate surface area is 99.6 Å². The van der Waals surface area contributed by atoms with Crippen LogP contribution in [-0.4, -0.2) is 34.1 Å². The number of hydrogen-bond acceptors (Lipinski definition) is 4. The number of nitrogens with zero attached hydrogens (tertiary/aromatic N) is 2. The number of nitrogens with one attached hydrogen (secondary N) is 2. The Kier molecular flexibility index (Phi) is 5.38. The van der Waals surface area contributed by atoms with Gasteiger partial charge in [0.15, 0.2) is 5.11 Å². The number of aliphatic hydroxyl groups is 1. The van der Waals surface area contributed by atoms with E-state index in [0.29, 0.717) is 11.7 Å². The number of rotatable bonds is 4. The van der Waals surface area contributed by atoms with Crippen molar-refractivity contribution in [3.05, 3.63) is 30.1 Å². The van der Waals surface area contributed by atoms with Crippen LogP contribution in [0.5, 0.6) is 0 Å². The topological polar surface area (TPSA) is 69.5 Å². The average molecular weight is 238 g/mol. The lowest BCUT2D eigenvalue weighted by molar-refractivity contribution is 0.300. The minimum Gasteiger partial charge on any atom is -0.395 e. The number of aliphatic hydroxyl groups excluding tert-OH is 1. The zero-order valence-electron chi connectivity index (χ0n) is 8.97. The van der Waals surface area contributed by atoms with Crippen LogP contribution >= 0.6 is 12.2 Å². The first-order valence-corrected chi connectivity index (χ1v) is 5.24. The molecule has 3 N–H and O–H groups in total. The van der Waals surface area contributed by atoms with Crippen LogP contribution in [0.3, 0.4) is 0 Å². The van der Waals surface area contributed by atoms with E-state index >= 15 is 0 Å². The molecule has 0 unspecified atom stereocenters. The van der Waals surface area contributed by atoms with Crippen molar-refractivity contribution in [1.29, 1.82) is 0 Å². The normalized spacial score (nSPS) is 11.0. The maximum absolute atomic E-state index is 8.58. The molecule has 0 aromatic carbocycles. The lowest BCUT2D eigenvalue weighted by atomic mass is 10.2. The van der Waals surface area contributed by atoms with Crippen LogP contribution in [0.25, 0.3) is 0 Å². The summed E-state index contributed by atoms with van der Waals surface area (Å²) in [6.07, 6.45) is 3.43. The molecule has 0 saturated heterocycles. The van der Waals surface area contributed by atoms with Crippen molar-refractivity contribution in [3.8, 4) is 0 Å². The maximum atomic E-state index is 8.58. The molecule has 1 aromatic heterocycles. The standard InChI is InChI=1S/C10H14N4OS/c1-8(9-3-2-4-11-7-9)13-14-10(16)12-5-6-15/h2-4,7,15H,5-6H2,1H3,(H2,12,14,16). The van der Waals surface area contributed by atoms with Gasteiger partial charge in [-0.15, -0.1) is 0 Å². The van der Waals surface area contributed by atoms with Gasteiger partial charge in [0.1, 0.15) is 0 Å². The number of hydrazone groups is 1. The molecule has 86 valence electrons. The molecule has 6 heteroatoms. The second-order valence-electron chi connectivity index (χ2n) is 3.03. The summed E-state index contributed by atoms with van der Waals surface area (Å²) in [4.78, 5) is 3.99. The average Bonchev–Trinajstić information content (AvgIpc) is 2.34. The molecule has 1 heterocycles. The smallest absolute Gasteiger partial charge is 0.187 e. The molecule has 0 atom stereocenters. The van der Waals surface area contributed by atoms with E-state index in [-0.39, 0.29) is 6.61 Å². The third-order valence-electron chi connectivity index (χ3n) is 1.80. The van der Waals surface area contributed by atoms with E-state index in [4.69, 9.17) is 17.3 Å². The lowest BCUT2D eigenvalue weighted by Gasteiger charge is -2.06. The van der Waals surface area contributed by atoms with Gasteiger partial charge in [-0.05, 0) is 25.2 Å². The number of aromatic nitrogens is 1. The summed E-state index contributed by atoms with van der Waals surface area (Å²) < 4.78 is 0. The molecule has 16 heavy (non-hydrogen) atoms. The first-order chi connectivity index (χ1) is 7.74. The van der Waals surface area contributed by atoms with Crippen LogP contribution in [0, 0.1) is 0 Å². The molecule has 1 aromatic rings. The van der Waals surface area contributed by atoms with Gasteiger partial charge in [0.05, 0.1) is 12.3 Å². The minimum absolute atomic E-state index is 0.0348. The molecule has 0 amide bonds. The van der Waals surface area contributed by atoms with Gasteiger partial charge in [0.2, 0.25) is 0 Å². The van der Waals surface area contributed by atoms with Gasteiger partial charge in [-0.25, -0.2) is 0 Å². The number of thiocarbonyl (C=S) groups is 1. The van der Waals surface area contributed by atoms with E-state index in [1.54, 1.807) is 12.4 Å². The summed E-state index contributed by atoms with van der Waals surface area (Å²) in [6, 6.07) is 3.76. The first kappa shape index (κ1) is 12.5. The number of hydrogen-bond donors (Lipinski definition) is 3. The molecule has 5 nitrogen and oxygen atoms in total. The largest absolute Gasteiger partial charge is 0.395 e. The van der Waals surface area contributed by atoms with E-state index in [9.17, 15) is 0 Å². The molecule has 0 spiro atoms. The van der Waals surface area contributed by atoms with Crippen LogP contribution in [-0.2, 0) is 0 Å². The molecule has 0 radical (unpaired) electrons. The van der Waals surface area contributed by atoms with Gasteiger partial charge in [-0.3, -0.25) is 10.4 Å². The zero-order valence-corrected chi connectivity index (χ0v) is 9.79. The predicted molar refractivity (Wildman–Crippen MR) is 67.3 cm³/mol. The van der Waals surface area contributed by atoms with Crippen molar-refractivity contribution in [2.45, 2.75) is 6.92 Å². The second-order valence-corrected chi connectivity index (χ2v) is 3.44. The molecule has 0 bridgehead atoms. The predicted octanol–water partition coefficient (Wildman–Crippen LogP) is 0.262. The summed E-state index contributed by atoms with van der Waals surface area (Å²) in [5.74, 6) is 0. The van der Waals surface area contributed by atoms with Crippen LogP contribution in [0.15, 0.2) is 29.6 Å². The van der Waals surface area contributed by atoms with E-state index in [1.807, 2.05) is 19.1 Å². The Morgan fingerprint density at radius 3 is 3.06 bits per heavy atom. The summed E-state index contributed by atoms with van der Waals surface area (Å²) in [7, 11) is 0. The van der Waals surface area contributed by atoms with Gasteiger partial charge < -0.3 is 10.4 Å². The SMILES string of the molecule is CC(=NNC(=S)NCCO)c1cccnc1. The summed E-state index contributed by atoms with van der Waals surface area (Å²) >= 11 is 4.93. The van der Waals surface area contributed by atoms with Crippen LogP contribution < -0.4 is 10.7 Å². The van der Waals surface area contributed by atoms with Crippen molar-refractivity contribution in [2.24, 2.45) is 5.10 Å². The molecule has 0 fully saturated rings. The van der Waals surface area contributed by atoms with Gasteiger partial charge in [-0.2, -0.15) is 5.10 Å². The lowest BCUT2D eigenvalue weighted by Crippen LogP contribution is -2.34. The third kappa shape index (κ3) is 4.33. The Balaban J connectivity index is 2.48. The monoisotopic (exact) mass is 238 g/mol. The third-order valence-corrected chi connectivity index (χ3v) is 2.04. The fourth-order valence-corrected chi connectivity index (χ4v) is 1.13. The fraction of sp³-hybridized carbons (Fsp3) is 0.300. The molecule has 0 aliphatic carbocycles. The highest BCUT2D eigenvalue weighted by atomic mass is 32.1. The molecule has 1 rings (SSSR count). The van der Waals surface area contributed by atoms with Crippen molar-refractivity contribution < 1.29 is 5.11 Å². The highest BCUT2D eigenvalue weighted by Gasteiger charge is 1.97. The van der Waals surface area contributed by atoms with Crippen molar-refractivity contribution in [1.82, 2.24) is 15.7 Å². The molecule has 0 saturated carbocycles. The molecular formula is C10H14N4OS. The Bertz CT molecular complexity index is 366. The van der Waals surface area contributed by atoms with E-state index in [1.165, 1.54) is 0 Å². The van der Waals surface area contributed by atoms with Crippen molar-refractivity contribution in [2.75, 3.05) is 13.2 Å². The Morgan fingerprint density at radius 2 is 2.44 bits per heavy atom. The van der Waals surface area contributed by atoms with Crippen LogP contribution in [0.1, 0.15) is 12.5 Å². The fourth-order valence-electron chi connectivity index (χ4n) is 0.985. The van der Waals surface area contributed by atoms with Crippen molar-refractivity contribution in [3.63, 3.8) is 0 Å². The second kappa shape index (κ2) is 6.86. The molecular weight excluding hydrogens is 224 g/mol. The Hall–Kier alpha value is -1.53. The Morgan fingerprint density at radius 1 is 1.62 bits per heavy atom. The summed E-state index contributed by atoms with van der Waals surface area (Å²) in [5.41, 5.74) is 4.41. The van der Waals surface area contributed by atoms with E-state index < -0.39 is 0 Å². The van der Waals surface area contributed by atoms with Gasteiger partial charge in [0, 0.05) is 24.5 Å². The van der Waals surface area contributed by atoms with Gasteiger partial charge >= 0.3 is 0 Å². The quantitative estimate of drug-likeness (QED) is 0.399.